The quantitative estimate of drug-likeness (QED) is 0.314. The third kappa shape index (κ3) is 4.63. The second-order valence-electron chi connectivity index (χ2n) is 6.13. The van der Waals surface area contributed by atoms with E-state index >= 15 is 0 Å². The summed E-state index contributed by atoms with van der Waals surface area (Å²) in [5.74, 6) is 0.518. The highest BCUT2D eigenvalue weighted by Gasteiger charge is 2.32. The Labute approximate surface area is 185 Å². The Bertz CT molecular complexity index is 918. The SMILES string of the molecule is CCN1C(=O)N/C(=C/c2cc(I)c(OCc3cccc(C)c3)c(I)c2)C1=O. The number of nitrogens with one attached hydrogen (secondary N) is 1. The number of likely N-dealkylation sites (N-methyl/N-ethyl adjacent to an activating group) is 1. The van der Waals surface area contributed by atoms with Gasteiger partial charge in [0.2, 0.25) is 0 Å². The van der Waals surface area contributed by atoms with Crippen molar-refractivity contribution in [2.45, 2.75) is 20.5 Å². The molecular formula is C20H18I2N2O3. The van der Waals surface area contributed by atoms with Crippen molar-refractivity contribution in [3.8, 4) is 5.75 Å². The van der Waals surface area contributed by atoms with E-state index in [-0.39, 0.29) is 11.9 Å². The first-order valence-electron chi connectivity index (χ1n) is 8.41. The molecule has 1 saturated heterocycles. The average Bonchev–Trinajstić information content (AvgIpc) is 2.87. The fourth-order valence-corrected chi connectivity index (χ4v) is 4.91. The van der Waals surface area contributed by atoms with Crippen molar-refractivity contribution in [2.75, 3.05) is 6.54 Å². The largest absolute Gasteiger partial charge is 0.487 e. The molecule has 0 atom stereocenters. The lowest BCUT2D eigenvalue weighted by Crippen LogP contribution is -2.30. The molecule has 7 heteroatoms. The Morgan fingerprint density at radius 1 is 1.15 bits per heavy atom. The fraction of sp³-hybridized carbons (Fsp3) is 0.200. The van der Waals surface area contributed by atoms with Crippen LogP contribution in [0.4, 0.5) is 4.79 Å². The second kappa shape index (κ2) is 8.59. The molecule has 0 bridgehead atoms. The zero-order valence-corrected chi connectivity index (χ0v) is 19.2. The van der Waals surface area contributed by atoms with Crippen molar-refractivity contribution < 1.29 is 14.3 Å². The normalized spacial score (nSPS) is 15.4. The summed E-state index contributed by atoms with van der Waals surface area (Å²) in [6.07, 6.45) is 1.70. The van der Waals surface area contributed by atoms with Crippen LogP contribution in [0.1, 0.15) is 23.6 Å². The molecule has 3 amide bonds. The molecule has 0 saturated carbocycles. The van der Waals surface area contributed by atoms with Gasteiger partial charge in [0.05, 0.1) is 7.14 Å². The van der Waals surface area contributed by atoms with Crippen molar-refractivity contribution in [3.05, 3.63) is 65.9 Å². The molecule has 1 aliphatic rings. The van der Waals surface area contributed by atoms with E-state index in [4.69, 9.17) is 4.74 Å². The number of amides is 3. The number of halogens is 2. The fourth-order valence-electron chi connectivity index (χ4n) is 2.78. The molecule has 2 aromatic rings. The maximum Gasteiger partial charge on any atom is 0.328 e. The lowest BCUT2D eigenvalue weighted by atomic mass is 10.1. The standard InChI is InChI=1S/C20H18I2N2O3/c1-3-24-19(25)17(23-20(24)26)10-14-8-15(21)18(16(22)9-14)27-11-13-6-4-5-12(2)7-13/h4-10H,3,11H2,1-2H3,(H,23,26)/b17-10+. The number of aryl methyl sites for hydroxylation is 1. The number of rotatable bonds is 5. The Morgan fingerprint density at radius 3 is 2.44 bits per heavy atom. The third-order valence-corrected chi connectivity index (χ3v) is 5.68. The van der Waals surface area contributed by atoms with Gasteiger partial charge in [0.15, 0.2) is 0 Å². The molecule has 27 heavy (non-hydrogen) atoms. The second-order valence-corrected chi connectivity index (χ2v) is 8.45. The number of ether oxygens (including phenoxy) is 1. The Morgan fingerprint density at radius 2 is 1.85 bits per heavy atom. The van der Waals surface area contributed by atoms with Crippen molar-refractivity contribution in [3.63, 3.8) is 0 Å². The molecule has 5 nitrogen and oxygen atoms in total. The van der Waals surface area contributed by atoms with E-state index < -0.39 is 0 Å². The molecule has 1 heterocycles. The summed E-state index contributed by atoms with van der Waals surface area (Å²) >= 11 is 4.45. The van der Waals surface area contributed by atoms with Gasteiger partial charge in [0.1, 0.15) is 18.1 Å². The van der Waals surface area contributed by atoms with E-state index in [1.807, 2.05) is 24.3 Å². The van der Waals surface area contributed by atoms with Crippen LogP contribution in [0.5, 0.6) is 5.75 Å². The van der Waals surface area contributed by atoms with Gasteiger partial charge in [-0.25, -0.2) is 4.79 Å². The molecule has 0 aliphatic carbocycles. The van der Waals surface area contributed by atoms with E-state index in [1.54, 1.807) is 13.0 Å². The number of imide groups is 1. The van der Waals surface area contributed by atoms with Gasteiger partial charge < -0.3 is 10.1 Å². The van der Waals surface area contributed by atoms with Crippen LogP contribution < -0.4 is 10.1 Å². The van der Waals surface area contributed by atoms with E-state index in [0.717, 1.165) is 24.0 Å². The van der Waals surface area contributed by atoms with Gasteiger partial charge in [-0.1, -0.05) is 29.8 Å². The summed E-state index contributed by atoms with van der Waals surface area (Å²) in [4.78, 5) is 25.2. The van der Waals surface area contributed by atoms with Gasteiger partial charge in [0.25, 0.3) is 5.91 Å². The first kappa shape index (κ1) is 20.1. The zero-order chi connectivity index (χ0) is 19.6. The maximum atomic E-state index is 12.2. The molecule has 1 fully saturated rings. The number of hydrogen-bond acceptors (Lipinski definition) is 3. The van der Waals surface area contributed by atoms with Crippen molar-refractivity contribution in [1.82, 2.24) is 10.2 Å². The van der Waals surface area contributed by atoms with Crippen LogP contribution in [-0.2, 0) is 11.4 Å². The number of nitrogens with zero attached hydrogens (tertiary/aromatic N) is 1. The number of carbonyl (C=O) groups is 2. The van der Waals surface area contributed by atoms with Gasteiger partial charge >= 0.3 is 6.03 Å². The van der Waals surface area contributed by atoms with Crippen molar-refractivity contribution in [2.24, 2.45) is 0 Å². The molecular weight excluding hydrogens is 570 g/mol. The van der Waals surface area contributed by atoms with Gasteiger partial charge in [-0.15, -0.1) is 0 Å². The lowest BCUT2D eigenvalue weighted by molar-refractivity contribution is -0.122. The molecule has 0 aromatic heterocycles. The lowest BCUT2D eigenvalue weighted by Gasteiger charge is -2.12. The maximum absolute atomic E-state index is 12.2. The van der Waals surface area contributed by atoms with Crippen LogP contribution in [0, 0.1) is 14.1 Å². The van der Waals surface area contributed by atoms with Crippen LogP contribution >= 0.6 is 45.2 Å². The summed E-state index contributed by atoms with van der Waals surface area (Å²) in [7, 11) is 0. The van der Waals surface area contributed by atoms with Crippen LogP contribution in [0.25, 0.3) is 6.08 Å². The first-order chi connectivity index (χ1) is 12.9. The third-order valence-electron chi connectivity index (χ3n) is 4.08. The van der Waals surface area contributed by atoms with E-state index in [1.165, 1.54) is 10.5 Å². The van der Waals surface area contributed by atoms with Gasteiger partial charge in [-0.2, -0.15) is 0 Å². The summed E-state index contributed by atoms with van der Waals surface area (Å²) in [6, 6.07) is 11.7. The highest BCUT2D eigenvalue weighted by Crippen LogP contribution is 2.31. The van der Waals surface area contributed by atoms with Crippen molar-refractivity contribution >= 4 is 63.2 Å². The summed E-state index contributed by atoms with van der Waals surface area (Å²) in [5, 5.41) is 2.62. The number of urea groups is 1. The zero-order valence-electron chi connectivity index (χ0n) is 14.9. The number of benzene rings is 2. The average molecular weight is 588 g/mol. The Balaban J connectivity index is 1.80. The predicted octanol–water partition coefficient (Wildman–Crippen LogP) is 4.70. The van der Waals surface area contributed by atoms with Gasteiger partial charge in [-0.05, 0) is 88.4 Å². The van der Waals surface area contributed by atoms with Crippen LogP contribution in [0.15, 0.2) is 42.1 Å². The minimum absolute atomic E-state index is 0.293. The minimum Gasteiger partial charge on any atom is -0.487 e. The molecule has 1 N–H and O–H groups in total. The predicted molar refractivity (Wildman–Crippen MR) is 121 cm³/mol. The summed E-state index contributed by atoms with van der Waals surface area (Å²) in [6.45, 7) is 4.67. The summed E-state index contributed by atoms with van der Waals surface area (Å²) in [5.41, 5.74) is 3.45. The minimum atomic E-state index is -0.378. The number of carbonyl (C=O) groups excluding carboxylic acids is 2. The van der Waals surface area contributed by atoms with Gasteiger partial charge in [0, 0.05) is 6.54 Å². The number of hydrogen-bond donors (Lipinski definition) is 1. The first-order valence-corrected chi connectivity index (χ1v) is 10.6. The molecule has 0 unspecified atom stereocenters. The monoisotopic (exact) mass is 588 g/mol. The van der Waals surface area contributed by atoms with E-state index in [9.17, 15) is 9.59 Å². The smallest absolute Gasteiger partial charge is 0.328 e. The van der Waals surface area contributed by atoms with E-state index in [0.29, 0.717) is 18.8 Å². The molecule has 0 spiro atoms. The van der Waals surface area contributed by atoms with Crippen LogP contribution in [-0.4, -0.2) is 23.4 Å². The molecule has 140 valence electrons. The molecule has 2 aromatic carbocycles. The Kier molecular flexibility index (Phi) is 6.40. The topological polar surface area (TPSA) is 58.6 Å². The van der Waals surface area contributed by atoms with Crippen LogP contribution in [0.3, 0.4) is 0 Å². The Hall–Kier alpha value is -1.62. The highest BCUT2D eigenvalue weighted by atomic mass is 127. The van der Waals surface area contributed by atoms with Gasteiger partial charge in [-0.3, -0.25) is 9.69 Å². The summed E-state index contributed by atoms with van der Waals surface area (Å²) < 4.78 is 7.92. The van der Waals surface area contributed by atoms with Crippen molar-refractivity contribution in [1.29, 1.82) is 0 Å². The highest BCUT2D eigenvalue weighted by molar-refractivity contribution is 14.1. The van der Waals surface area contributed by atoms with E-state index in [2.05, 4.69) is 69.6 Å². The molecule has 0 radical (unpaired) electrons. The molecule has 3 rings (SSSR count). The van der Waals surface area contributed by atoms with Crippen LogP contribution in [0.2, 0.25) is 0 Å². The molecule has 1 aliphatic heterocycles.